The van der Waals surface area contributed by atoms with Gasteiger partial charge in [-0.05, 0) is 31.3 Å². The summed E-state index contributed by atoms with van der Waals surface area (Å²) in [6, 6.07) is 0. The third-order valence-electron chi connectivity index (χ3n) is 4.50. The minimum absolute atomic E-state index is 0.653. The van der Waals surface area contributed by atoms with E-state index >= 15 is 0 Å². The fourth-order valence-corrected chi connectivity index (χ4v) is 2.74. The van der Waals surface area contributed by atoms with E-state index in [1.165, 1.54) is 45.3 Å². The molecule has 0 aromatic rings. The number of hydrogen-bond donors (Lipinski definition) is 1. The Morgan fingerprint density at radius 3 is 2.29 bits per heavy atom. The number of rotatable bonds is 8. The molecular weight excluding hydrogens is 212 g/mol. The van der Waals surface area contributed by atoms with E-state index in [1.54, 1.807) is 7.11 Å². The van der Waals surface area contributed by atoms with Crippen molar-refractivity contribution in [1.82, 2.24) is 10.2 Å². The van der Waals surface area contributed by atoms with E-state index in [2.05, 4.69) is 24.1 Å². The topological polar surface area (TPSA) is 24.5 Å². The summed E-state index contributed by atoms with van der Waals surface area (Å²) in [7, 11) is 1.75. The van der Waals surface area contributed by atoms with Gasteiger partial charge >= 0.3 is 0 Å². The number of ether oxygens (including phenoxy) is 1. The van der Waals surface area contributed by atoms with E-state index in [-0.39, 0.29) is 0 Å². The molecule has 1 saturated heterocycles. The molecule has 3 nitrogen and oxygen atoms in total. The van der Waals surface area contributed by atoms with Crippen LogP contribution in [-0.4, -0.2) is 51.3 Å². The normalized spacial score (nSPS) is 20.6. The molecule has 0 aromatic carbocycles. The molecule has 17 heavy (non-hydrogen) atoms. The molecular formula is C14H30N2O. The average molecular weight is 242 g/mol. The van der Waals surface area contributed by atoms with Crippen LogP contribution in [0, 0.1) is 5.41 Å². The third kappa shape index (κ3) is 4.94. The lowest BCUT2D eigenvalue weighted by Gasteiger charge is -2.41. The van der Waals surface area contributed by atoms with E-state index in [0.29, 0.717) is 5.41 Å². The van der Waals surface area contributed by atoms with E-state index < -0.39 is 0 Å². The highest BCUT2D eigenvalue weighted by atomic mass is 16.5. The van der Waals surface area contributed by atoms with Gasteiger partial charge in [-0.25, -0.2) is 0 Å². The highest BCUT2D eigenvalue weighted by molar-refractivity contribution is 4.84. The lowest BCUT2D eigenvalue weighted by atomic mass is 9.74. The molecule has 102 valence electrons. The number of likely N-dealkylation sites (tertiary alicyclic amines) is 1. The minimum Gasteiger partial charge on any atom is -0.383 e. The van der Waals surface area contributed by atoms with Gasteiger partial charge in [-0.15, -0.1) is 0 Å². The van der Waals surface area contributed by atoms with Crippen molar-refractivity contribution in [3.63, 3.8) is 0 Å². The van der Waals surface area contributed by atoms with Gasteiger partial charge in [0, 0.05) is 26.7 Å². The Hall–Kier alpha value is -0.120. The molecule has 1 heterocycles. The fourth-order valence-electron chi connectivity index (χ4n) is 2.74. The summed E-state index contributed by atoms with van der Waals surface area (Å²) in [5, 5.41) is 3.42. The standard InChI is InChI=1S/C14H30N2O/c1-4-14(5-2)6-10-16(11-7-14)12-8-15-9-13-17-3/h15H,4-13H2,1-3H3. The quantitative estimate of drug-likeness (QED) is 0.660. The Morgan fingerprint density at radius 2 is 1.76 bits per heavy atom. The number of nitrogens with one attached hydrogen (secondary N) is 1. The molecule has 0 aromatic heterocycles. The van der Waals surface area contributed by atoms with Crippen LogP contribution in [0.15, 0.2) is 0 Å². The van der Waals surface area contributed by atoms with Crippen molar-refractivity contribution >= 4 is 0 Å². The van der Waals surface area contributed by atoms with E-state index in [0.717, 1.165) is 19.7 Å². The van der Waals surface area contributed by atoms with Gasteiger partial charge < -0.3 is 15.0 Å². The first kappa shape index (κ1) is 14.9. The Morgan fingerprint density at radius 1 is 1.12 bits per heavy atom. The van der Waals surface area contributed by atoms with Crippen LogP contribution in [-0.2, 0) is 4.74 Å². The van der Waals surface area contributed by atoms with E-state index in [4.69, 9.17) is 4.74 Å². The highest BCUT2D eigenvalue weighted by Gasteiger charge is 2.30. The summed E-state index contributed by atoms with van der Waals surface area (Å²) in [5.74, 6) is 0. The predicted octanol–water partition coefficient (Wildman–Crippen LogP) is 2.12. The highest BCUT2D eigenvalue weighted by Crippen LogP contribution is 2.37. The van der Waals surface area contributed by atoms with Crippen molar-refractivity contribution in [3.8, 4) is 0 Å². The molecule has 3 heteroatoms. The summed E-state index contributed by atoms with van der Waals surface area (Å²) >= 11 is 0. The Balaban J connectivity index is 2.10. The smallest absolute Gasteiger partial charge is 0.0587 e. The SMILES string of the molecule is CCC1(CC)CCN(CCNCCOC)CC1. The maximum absolute atomic E-state index is 5.01. The first-order valence-corrected chi connectivity index (χ1v) is 7.18. The molecule has 0 spiro atoms. The second-order valence-corrected chi connectivity index (χ2v) is 5.29. The number of nitrogens with zero attached hydrogens (tertiary/aromatic N) is 1. The van der Waals surface area contributed by atoms with Gasteiger partial charge in [0.05, 0.1) is 6.61 Å². The van der Waals surface area contributed by atoms with Crippen molar-refractivity contribution in [2.75, 3.05) is 46.4 Å². The van der Waals surface area contributed by atoms with Gasteiger partial charge in [0.25, 0.3) is 0 Å². The Labute approximate surface area is 107 Å². The maximum Gasteiger partial charge on any atom is 0.0587 e. The molecule has 1 aliphatic rings. The number of piperidine rings is 1. The molecule has 0 radical (unpaired) electrons. The van der Waals surface area contributed by atoms with Crippen LogP contribution in [0.4, 0.5) is 0 Å². The van der Waals surface area contributed by atoms with Crippen LogP contribution in [0.25, 0.3) is 0 Å². The van der Waals surface area contributed by atoms with Crippen LogP contribution in [0.3, 0.4) is 0 Å². The van der Waals surface area contributed by atoms with Gasteiger partial charge in [-0.3, -0.25) is 0 Å². The monoisotopic (exact) mass is 242 g/mol. The lowest BCUT2D eigenvalue weighted by Crippen LogP contribution is -2.42. The van der Waals surface area contributed by atoms with E-state index in [1.807, 2.05) is 0 Å². The molecule has 0 unspecified atom stereocenters. The Kier molecular flexibility index (Phi) is 7.09. The van der Waals surface area contributed by atoms with Crippen LogP contribution < -0.4 is 5.32 Å². The molecule has 0 saturated carbocycles. The lowest BCUT2D eigenvalue weighted by molar-refractivity contribution is 0.0955. The Bertz CT molecular complexity index is 183. The maximum atomic E-state index is 5.01. The van der Waals surface area contributed by atoms with Crippen LogP contribution in [0.5, 0.6) is 0 Å². The molecule has 0 amide bonds. The van der Waals surface area contributed by atoms with Crippen molar-refractivity contribution in [1.29, 1.82) is 0 Å². The minimum atomic E-state index is 0.653. The summed E-state index contributed by atoms with van der Waals surface area (Å²) in [6.07, 6.45) is 5.48. The summed E-state index contributed by atoms with van der Waals surface area (Å²) in [4.78, 5) is 2.60. The molecule has 0 aliphatic carbocycles. The zero-order valence-corrected chi connectivity index (χ0v) is 11.9. The first-order chi connectivity index (χ1) is 8.26. The van der Waals surface area contributed by atoms with Crippen molar-refractivity contribution in [3.05, 3.63) is 0 Å². The van der Waals surface area contributed by atoms with Crippen molar-refractivity contribution < 1.29 is 4.74 Å². The van der Waals surface area contributed by atoms with Gasteiger partial charge in [0.2, 0.25) is 0 Å². The molecule has 1 rings (SSSR count). The fraction of sp³-hybridized carbons (Fsp3) is 1.00. The van der Waals surface area contributed by atoms with Gasteiger partial charge in [-0.1, -0.05) is 26.7 Å². The van der Waals surface area contributed by atoms with Crippen molar-refractivity contribution in [2.24, 2.45) is 5.41 Å². The van der Waals surface area contributed by atoms with Gasteiger partial charge in [0.15, 0.2) is 0 Å². The zero-order valence-electron chi connectivity index (χ0n) is 11.9. The van der Waals surface area contributed by atoms with Crippen molar-refractivity contribution in [2.45, 2.75) is 39.5 Å². The first-order valence-electron chi connectivity index (χ1n) is 7.18. The second-order valence-electron chi connectivity index (χ2n) is 5.29. The van der Waals surface area contributed by atoms with Gasteiger partial charge in [0.1, 0.15) is 0 Å². The summed E-state index contributed by atoms with van der Waals surface area (Å²) in [5.41, 5.74) is 0.653. The van der Waals surface area contributed by atoms with Crippen LogP contribution >= 0.6 is 0 Å². The van der Waals surface area contributed by atoms with Gasteiger partial charge in [-0.2, -0.15) is 0 Å². The third-order valence-corrected chi connectivity index (χ3v) is 4.50. The molecule has 1 aliphatic heterocycles. The zero-order chi connectivity index (χ0) is 12.6. The number of hydrogen-bond acceptors (Lipinski definition) is 3. The second kappa shape index (κ2) is 8.06. The molecule has 0 bridgehead atoms. The summed E-state index contributed by atoms with van der Waals surface area (Å²) in [6.45, 7) is 11.3. The predicted molar refractivity (Wildman–Crippen MR) is 73.4 cm³/mol. The summed E-state index contributed by atoms with van der Waals surface area (Å²) < 4.78 is 5.01. The molecule has 0 atom stereocenters. The molecule has 1 fully saturated rings. The number of methoxy groups -OCH3 is 1. The van der Waals surface area contributed by atoms with E-state index in [9.17, 15) is 0 Å². The van der Waals surface area contributed by atoms with Crippen LogP contribution in [0.2, 0.25) is 0 Å². The molecule has 1 N–H and O–H groups in total. The largest absolute Gasteiger partial charge is 0.383 e. The average Bonchev–Trinajstić information content (AvgIpc) is 2.39. The van der Waals surface area contributed by atoms with Crippen LogP contribution in [0.1, 0.15) is 39.5 Å².